The first-order valence-corrected chi connectivity index (χ1v) is 9.75. The zero-order valence-corrected chi connectivity index (χ0v) is 15.6. The monoisotopic (exact) mass is 456 g/mol. The highest BCUT2D eigenvalue weighted by molar-refractivity contribution is 7.85. The maximum absolute atomic E-state index is 13.1. The topological polar surface area (TPSA) is 107 Å². The molecule has 7 nitrogen and oxygen atoms in total. The van der Waals surface area contributed by atoms with Crippen LogP contribution in [0.15, 0.2) is 12.7 Å². The van der Waals surface area contributed by atoms with Crippen molar-refractivity contribution in [3.8, 4) is 0 Å². The second kappa shape index (κ2) is 8.90. The molecule has 0 radical (unpaired) electrons. The maximum Gasteiger partial charge on any atom is 0.438 e. The summed E-state index contributed by atoms with van der Waals surface area (Å²) in [7, 11) is -5.82. The van der Waals surface area contributed by atoms with E-state index in [0.717, 1.165) is 6.08 Å². The lowest BCUT2D eigenvalue weighted by Crippen LogP contribution is -2.63. The van der Waals surface area contributed by atoms with Gasteiger partial charge in [0.25, 0.3) is 10.1 Å². The molecule has 0 saturated heterocycles. The summed E-state index contributed by atoms with van der Waals surface area (Å²) in [5, 5.41) is 0. The number of alkyl halides is 6. The SMILES string of the molecule is C=CC(=O)OC1CCC(CC(=O)OC(CS(=O)(=O)O)(C(F)(F)F)C(F)(F)F)CC1. The van der Waals surface area contributed by atoms with Crippen molar-refractivity contribution in [2.45, 2.75) is 56.2 Å². The Balaban J connectivity index is 2.89. The molecule has 0 spiro atoms. The van der Waals surface area contributed by atoms with Crippen molar-refractivity contribution in [2.75, 3.05) is 5.75 Å². The number of carbonyl (C=O) groups is 2. The second-order valence-corrected chi connectivity index (χ2v) is 7.96. The zero-order chi connectivity index (χ0) is 22.7. The van der Waals surface area contributed by atoms with Crippen molar-refractivity contribution in [3.63, 3.8) is 0 Å². The van der Waals surface area contributed by atoms with E-state index in [-0.39, 0.29) is 25.7 Å². The highest BCUT2D eigenvalue weighted by Crippen LogP contribution is 2.47. The first kappa shape index (κ1) is 25.2. The van der Waals surface area contributed by atoms with E-state index in [0.29, 0.717) is 0 Å². The quantitative estimate of drug-likeness (QED) is 0.272. The molecule has 1 rings (SSSR count). The van der Waals surface area contributed by atoms with Crippen molar-refractivity contribution in [1.29, 1.82) is 0 Å². The molecule has 168 valence electrons. The molecule has 1 N–H and O–H groups in total. The lowest BCUT2D eigenvalue weighted by Gasteiger charge is -2.36. The van der Waals surface area contributed by atoms with Crippen LogP contribution in [-0.2, 0) is 29.2 Å². The summed E-state index contributed by atoms with van der Waals surface area (Å²) in [6.45, 7) is 3.20. The van der Waals surface area contributed by atoms with E-state index in [1.165, 1.54) is 0 Å². The third-order valence-corrected chi connectivity index (χ3v) is 5.06. The van der Waals surface area contributed by atoms with E-state index in [9.17, 15) is 44.3 Å². The normalized spacial score (nSPS) is 21.3. The van der Waals surface area contributed by atoms with Gasteiger partial charge in [0.05, 0.1) is 0 Å². The standard InChI is InChI=1S/C15H18F6O7S/c1-2-11(22)27-10-5-3-9(4-6-10)7-12(23)28-13(14(16,17)18,15(19,20)21)8-29(24,25)26/h2,9-10H,1,3-8H2,(H,24,25,26). The number of carbonyl (C=O) groups excluding carboxylic acids is 2. The van der Waals surface area contributed by atoms with Gasteiger partial charge in [-0.2, -0.15) is 34.8 Å². The number of hydrogen-bond donors (Lipinski definition) is 1. The lowest BCUT2D eigenvalue weighted by molar-refractivity contribution is -0.361. The average Bonchev–Trinajstić information content (AvgIpc) is 2.52. The van der Waals surface area contributed by atoms with E-state index >= 15 is 0 Å². The number of halogens is 6. The van der Waals surface area contributed by atoms with Crippen molar-refractivity contribution in [1.82, 2.24) is 0 Å². The summed E-state index contributed by atoms with van der Waals surface area (Å²) < 4.78 is 117. The highest BCUT2D eigenvalue weighted by atomic mass is 32.2. The first-order chi connectivity index (χ1) is 13.0. The van der Waals surface area contributed by atoms with Gasteiger partial charge < -0.3 is 9.47 Å². The van der Waals surface area contributed by atoms with Gasteiger partial charge in [0.15, 0.2) is 0 Å². The molecule has 0 atom stereocenters. The van der Waals surface area contributed by atoms with Crippen LogP contribution in [0.5, 0.6) is 0 Å². The van der Waals surface area contributed by atoms with E-state index < -0.39 is 64.2 Å². The van der Waals surface area contributed by atoms with E-state index in [2.05, 4.69) is 11.3 Å². The third-order valence-electron chi connectivity index (χ3n) is 4.29. The van der Waals surface area contributed by atoms with Crippen molar-refractivity contribution < 1.29 is 58.4 Å². The predicted molar refractivity (Wildman–Crippen MR) is 84.0 cm³/mol. The summed E-state index contributed by atoms with van der Waals surface area (Å²) >= 11 is 0. The van der Waals surface area contributed by atoms with Crippen molar-refractivity contribution >= 4 is 22.1 Å². The van der Waals surface area contributed by atoms with E-state index in [4.69, 9.17) is 9.29 Å². The fraction of sp³-hybridized carbons (Fsp3) is 0.733. The van der Waals surface area contributed by atoms with Crippen LogP contribution in [-0.4, -0.2) is 54.7 Å². The van der Waals surface area contributed by atoms with Gasteiger partial charge in [0, 0.05) is 12.5 Å². The van der Waals surface area contributed by atoms with Crippen molar-refractivity contribution in [3.05, 3.63) is 12.7 Å². The van der Waals surface area contributed by atoms with Gasteiger partial charge in [-0.15, -0.1) is 0 Å². The van der Waals surface area contributed by atoms with Gasteiger partial charge >= 0.3 is 29.9 Å². The molecule has 0 unspecified atom stereocenters. The molecule has 0 amide bonds. The second-order valence-electron chi connectivity index (χ2n) is 6.51. The Morgan fingerprint density at radius 3 is 1.90 bits per heavy atom. The molecule has 1 saturated carbocycles. The summed E-state index contributed by atoms with van der Waals surface area (Å²) in [6.07, 6.45) is -12.4. The van der Waals surface area contributed by atoms with Crippen LogP contribution in [0.25, 0.3) is 0 Å². The van der Waals surface area contributed by atoms with E-state index in [1.807, 2.05) is 0 Å². The fourth-order valence-corrected chi connectivity index (χ4v) is 3.76. The summed E-state index contributed by atoms with van der Waals surface area (Å²) in [4.78, 5) is 22.9. The molecule has 1 aliphatic rings. The Bertz CT molecular complexity index is 706. The zero-order valence-electron chi connectivity index (χ0n) is 14.8. The summed E-state index contributed by atoms with van der Waals surface area (Å²) in [5.41, 5.74) is -5.40. The average molecular weight is 456 g/mol. The Labute approximate surface area is 161 Å². The smallest absolute Gasteiger partial charge is 0.438 e. The Kier molecular flexibility index (Phi) is 7.73. The minimum atomic E-state index is -6.35. The Morgan fingerprint density at radius 1 is 1.03 bits per heavy atom. The van der Waals surface area contributed by atoms with Gasteiger partial charge in [0.1, 0.15) is 11.9 Å². The number of ether oxygens (including phenoxy) is 2. The molecular weight excluding hydrogens is 438 g/mol. The highest BCUT2D eigenvalue weighted by Gasteiger charge is 2.75. The van der Waals surface area contributed by atoms with Crippen LogP contribution in [0.4, 0.5) is 26.3 Å². The van der Waals surface area contributed by atoms with Gasteiger partial charge in [0.2, 0.25) is 0 Å². The molecule has 0 bridgehead atoms. The molecular formula is C15H18F6O7S. The Hall–Kier alpha value is -1.83. The van der Waals surface area contributed by atoms with Crippen LogP contribution in [0.3, 0.4) is 0 Å². The summed E-state index contributed by atoms with van der Waals surface area (Å²) in [6, 6.07) is 0. The molecule has 0 aliphatic heterocycles. The fourth-order valence-electron chi connectivity index (χ4n) is 2.86. The molecule has 14 heteroatoms. The molecule has 1 fully saturated rings. The number of hydrogen-bond acceptors (Lipinski definition) is 6. The lowest BCUT2D eigenvalue weighted by atomic mass is 9.85. The van der Waals surface area contributed by atoms with Crippen LogP contribution >= 0.6 is 0 Å². The third kappa shape index (κ3) is 6.87. The first-order valence-electron chi connectivity index (χ1n) is 8.14. The molecule has 0 aromatic carbocycles. The maximum atomic E-state index is 13.1. The largest absolute Gasteiger partial charge is 0.459 e. The van der Waals surface area contributed by atoms with Gasteiger partial charge in [-0.25, -0.2) is 4.79 Å². The van der Waals surface area contributed by atoms with Gasteiger partial charge in [-0.05, 0) is 31.6 Å². The number of rotatable bonds is 7. The van der Waals surface area contributed by atoms with Crippen LogP contribution in [0.2, 0.25) is 0 Å². The van der Waals surface area contributed by atoms with Crippen LogP contribution in [0, 0.1) is 5.92 Å². The number of esters is 2. The molecule has 29 heavy (non-hydrogen) atoms. The summed E-state index contributed by atoms with van der Waals surface area (Å²) in [5.74, 6) is -6.19. The predicted octanol–water partition coefficient (Wildman–Crippen LogP) is 2.96. The molecule has 0 aromatic rings. The van der Waals surface area contributed by atoms with Crippen molar-refractivity contribution in [2.24, 2.45) is 5.92 Å². The molecule has 0 heterocycles. The minimum Gasteiger partial charge on any atom is -0.459 e. The molecule has 0 aromatic heterocycles. The van der Waals surface area contributed by atoms with Crippen LogP contribution < -0.4 is 0 Å². The van der Waals surface area contributed by atoms with Gasteiger partial charge in [-0.1, -0.05) is 6.58 Å². The minimum absolute atomic E-state index is 0.146. The van der Waals surface area contributed by atoms with Gasteiger partial charge in [-0.3, -0.25) is 9.35 Å². The van der Waals surface area contributed by atoms with Crippen LogP contribution in [0.1, 0.15) is 32.1 Å². The van der Waals surface area contributed by atoms with E-state index in [1.54, 1.807) is 0 Å². The molecule has 1 aliphatic carbocycles. The Morgan fingerprint density at radius 2 is 1.52 bits per heavy atom.